The van der Waals surface area contributed by atoms with Gasteiger partial charge in [-0.1, -0.05) is 18.6 Å². The summed E-state index contributed by atoms with van der Waals surface area (Å²) in [6.45, 7) is 3.72. The first kappa shape index (κ1) is 19.6. The molecule has 0 aromatic heterocycles. The van der Waals surface area contributed by atoms with Crippen molar-refractivity contribution < 1.29 is 13.2 Å². The van der Waals surface area contributed by atoms with Crippen molar-refractivity contribution in [2.75, 3.05) is 31.5 Å². The Morgan fingerprint density at radius 1 is 1.00 bits per heavy atom. The van der Waals surface area contributed by atoms with Crippen LogP contribution in [-0.4, -0.2) is 51.2 Å². The Hall–Kier alpha value is -2.71. The minimum absolute atomic E-state index is 0.111. The van der Waals surface area contributed by atoms with Crippen LogP contribution in [0.1, 0.15) is 35.2 Å². The third-order valence-electron chi connectivity index (χ3n) is 5.20. The minimum atomic E-state index is -3.66. The van der Waals surface area contributed by atoms with Gasteiger partial charge in [0.2, 0.25) is 0 Å². The zero-order valence-electron chi connectivity index (χ0n) is 16.1. The van der Waals surface area contributed by atoms with E-state index in [0.717, 1.165) is 19.6 Å². The van der Waals surface area contributed by atoms with E-state index in [9.17, 15) is 13.2 Å². The summed E-state index contributed by atoms with van der Waals surface area (Å²) >= 11 is 0. The Labute approximate surface area is 170 Å². The number of amides is 1. The number of likely N-dealkylation sites (tertiary alicyclic amines) is 1. The molecule has 0 radical (unpaired) electrons. The van der Waals surface area contributed by atoms with Gasteiger partial charge in [0.15, 0.2) is 5.84 Å². The zero-order valence-corrected chi connectivity index (χ0v) is 16.9. The minimum Gasteiger partial charge on any atom is -0.351 e. The Kier molecular flexibility index (Phi) is 5.64. The van der Waals surface area contributed by atoms with Gasteiger partial charge in [0, 0.05) is 29.9 Å². The van der Waals surface area contributed by atoms with E-state index in [1.165, 1.54) is 19.3 Å². The summed E-state index contributed by atoms with van der Waals surface area (Å²) in [5, 5.41) is 6.00. The van der Waals surface area contributed by atoms with Crippen LogP contribution >= 0.6 is 0 Å². The Morgan fingerprint density at radius 3 is 2.48 bits per heavy atom. The van der Waals surface area contributed by atoms with E-state index >= 15 is 0 Å². The number of anilines is 1. The van der Waals surface area contributed by atoms with Gasteiger partial charge in [-0.05, 0) is 62.3 Å². The number of amidine groups is 1. The molecule has 1 saturated heterocycles. The molecule has 2 N–H and O–H groups in total. The summed E-state index contributed by atoms with van der Waals surface area (Å²) in [5.74, 6) is 0.180. The molecule has 29 heavy (non-hydrogen) atoms. The molecule has 0 saturated carbocycles. The number of benzene rings is 2. The number of nitrogens with one attached hydrogen (secondary N) is 2. The fourth-order valence-electron chi connectivity index (χ4n) is 3.65. The number of hydrogen-bond donors (Lipinski definition) is 2. The van der Waals surface area contributed by atoms with Crippen LogP contribution in [-0.2, 0) is 10.0 Å². The lowest BCUT2D eigenvalue weighted by atomic mass is 10.1. The van der Waals surface area contributed by atoms with Gasteiger partial charge in [0.1, 0.15) is 4.90 Å². The topological polar surface area (TPSA) is 90.9 Å². The molecule has 2 aromatic rings. The summed E-state index contributed by atoms with van der Waals surface area (Å²) in [4.78, 5) is 14.9. The fraction of sp³-hybridized carbons (Fsp3) is 0.333. The molecular weight excluding hydrogens is 388 g/mol. The Balaban J connectivity index is 1.35. The second kappa shape index (κ2) is 8.34. The van der Waals surface area contributed by atoms with Crippen LogP contribution < -0.4 is 10.6 Å². The van der Waals surface area contributed by atoms with Crippen LogP contribution in [0.4, 0.5) is 5.69 Å². The highest BCUT2D eigenvalue weighted by Gasteiger charge is 2.28. The quantitative estimate of drug-likeness (QED) is 0.787. The molecule has 2 aromatic carbocycles. The Morgan fingerprint density at radius 2 is 1.72 bits per heavy atom. The molecule has 0 unspecified atom stereocenters. The van der Waals surface area contributed by atoms with E-state index in [4.69, 9.17) is 0 Å². The highest BCUT2D eigenvalue weighted by Crippen LogP contribution is 2.26. The molecule has 0 spiro atoms. The summed E-state index contributed by atoms with van der Waals surface area (Å²) in [6.07, 6.45) is 3.77. The molecule has 0 atom stereocenters. The Bertz CT molecular complexity index is 1030. The largest absolute Gasteiger partial charge is 0.351 e. The van der Waals surface area contributed by atoms with Gasteiger partial charge < -0.3 is 15.5 Å². The number of sulfonamides is 1. The summed E-state index contributed by atoms with van der Waals surface area (Å²) < 4.78 is 28.1. The fourth-order valence-corrected chi connectivity index (χ4v) is 4.83. The van der Waals surface area contributed by atoms with Crippen LogP contribution in [0, 0.1) is 0 Å². The number of carbonyl (C=O) groups excluding carboxylic acids is 1. The van der Waals surface area contributed by atoms with Gasteiger partial charge >= 0.3 is 0 Å². The molecule has 1 amide bonds. The molecule has 8 heteroatoms. The second-order valence-corrected chi connectivity index (χ2v) is 8.84. The van der Waals surface area contributed by atoms with Crippen molar-refractivity contribution >= 4 is 27.5 Å². The molecular formula is C21H24N4O3S. The summed E-state index contributed by atoms with van der Waals surface area (Å²) in [7, 11) is -3.66. The highest BCUT2D eigenvalue weighted by atomic mass is 32.2. The molecule has 7 nitrogen and oxygen atoms in total. The van der Waals surface area contributed by atoms with E-state index in [-0.39, 0.29) is 10.8 Å². The van der Waals surface area contributed by atoms with Crippen LogP contribution in [0.25, 0.3) is 0 Å². The van der Waals surface area contributed by atoms with Crippen molar-refractivity contribution in [2.24, 2.45) is 4.40 Å². The van der Waals surface area contributed by atoms with Gasteiger partial charge in [-0.3, -0.25) is 4.79 Å². The second-order valence-electron chi connectivity index (χ2n) is 7.27. The molecule has 0 aliphatic carbocycles. The van der Waals surface area contributed by atoms with Crippen LogP contribution in [0.15, 0.2) is 57.8 Å². The van der Waals surface area contributed by atoms with Crippen molar-refractivity contribution in [3.8, 4) is 0 Å². The lowest BCUT2D eigenvalue weighted by Gasteiger charge is -2.26. The third kappa shape index (κ3) is 4.49. The van der Waals surface area contributed by atoms with E-state index in [1.54, 1.807) is 48.5 Å². The number of fused-ring (bicyclic) bond motifs is 1. The van der Waals surface area contributed by atoms with Gasteiger partial charge in [0.25, 0.3) is 15.9 Å². The predicted octanol–water partition coefficient (Wildman–Crippen LogP) is 2.46. The standard InChI is InChI=1S/C21H24N4O3S/c26-21(22-12-15-25-13-4-1-5-14-25)16-8-10-17(11-9-16)23-20-18-6-2-3-7-19(18)29(27,28)24-20/h2-3,6-11H,1,4-5,12-15H2,(H,22,26)(H,23,24). The smallest absolute Gasteiger partial charge is 0.285 e. The number of hydrogen-bond acceptors (Lipinski definition) is 5. The first-order valence-corrected chi connectivity index (χ1v) is 11.3. The highest BCUT2D eigenvalue weighted by molar-refractivity contribution is 7.90. The van der Waals surface area contributed by atoms with Gasteiger partial charge in [-0.25, -0.2) is 0 Å². The first-order valence-electron chi connectivity index (χ1n) is 9.85. The van der Waals surface area contributed by atoms with E-state index in [0.29, 0.717) is 29.2 Å². The van der Waals surface area contributed by atoms with Gasteiger partial charge in [-0.15, -0.1) is 4.40 Å². The third-order valence-corrected chi connectivity index (χ3v) is 6.54. The molecule has 4 rings (SSSR count). The first-order chi connectivity index (χ1) is 14.0. The maximum atomic E-state index is 12.3. The van der Waals surface area contributed by atoms with Gasteiger partial charge in [0.05, 0.1) is 0 Å². The molecule has 0 bridgehead atoms. The SMILES string of the molecule is O=C(NCCN1CCCCC1)c1ccc(NC2=NS(=O)(=O)c3ccccc32)cc1. The molecule has 152 valence electrons. The molecule has 2 aliphatic heterocycles. The number of nitrogens with zero attached hydrogens (tertiary/aromatic N) is 2. The normalized spacial score (nSPS) is 18.0. The summed E-state index contributed by atoms with van der Waals surface area (Å²) in [6, 6.07) is 13.6. The zero-order chi connectivity index (χ0) is 20.3. The number of carbonyl (C=O) groups is 1. The predicted molar refractivity (Wildman–Crippen MR) is 113 cm³/mol. The van der Waals surface area contributed by atoms with Crippen molar-refractivity contribution in [2.45, 2.75) is 24.2 Å². The van der Waals surface area contributed by atoms with Crippen LogP contribution in [0.2, 0.25) is 0 Å². The number of piperidine rings is 1. The van der Waals surface area contributed by atoms with E-state index in [1.807, 2.05) is 0 Å². The number of rotatable bonds is 5. The van der Waals surface area contributed by atoms with Crippen molar-refractivity contribution in [3.05, 3.63) is 59.7 Å². The van der Waals surface area contributed by atoms with E-state index in [2.05, 4.69) is 19.9 Å². The van der Waals surface area contributed by atoms with Crippen LogP contribution in [0.3, 0.4) is 0 Å². The van der Waals surface area contributed by atoms with E-state index < -0.39 is 10.0 Å². The maximum absolute atomic E-state index is 12.3. The average Bonchev–Trinajstić information content (AvgIpc) is 2.99. The average molecular weight is 413 g/mol. The molecule has 1 fully saturated rings. The van der Waals surface area contributed by atoms with Crippen molar-refractivity contribution in [1.82, 2.24) is 10.2 Å². The van der Waals surface area contributed by atoms with Crippen LogP contribution in [0.5, 0.6) is 0 Å². The van der Waals surface area contributed by atoms with Gasteiger partial charge in [-0.2, -0.15) is 8.42 Å². The molecule has 2 heterocycles. The summed E-state index contributed by atoms with van der Waals surface area (Å²) in [5.41, 5.74) is 1.78. The van der Waals surface area contributed by atoms with Crippen molar-refractivity contribution in [1.29, 1.82) is 0 Å². The lowest BCUT2D eigenvalue weighted by Crippen LogP contribution is -2.37. The molecule has 2 aliphatic rings. The monoisotopic (exact) mass is 412 g/mol. The maximum Gasteiger partial charge on any atom is 0.285 e. The lowest BCUT2D eigenvalue weighted by molar-refractivity contribution is 0.0946. The van der Waals surface area contributed by atoms with Crippen molar-refractivity contribution in [3.63, 3.8) is 0 Å².